The Labute approximate surface area is 232 Å². The van der Waals surface area contributed by atoms with Crippen LogP contribution in [0.3, 0.4) is 0 Å². The zero-order valence-corrected chi connectivity index (χ0v) is 23.4. The number of carboxylic acids is 1. The van der Waals surface area contributed by atoms with Crippen LogP contribution in [0.2, 0.25) is 0 Å². The van der Waals surface area contributed by atoms with Crippen LogP contribution >= 0.6 is 0 Å². The van der Waals surface area contributed by atoms with Gasteiger partial charge in [0.2, 0.25) is 0 Å². The molecule has 5 rings (SSSR count). The molecule has 210 valence electrons. The maximum Gasteiger partial charge on any atom is 0.354 e. The van der Waals surface area contributed by atoms with Crippen molar-refractivity contribution in [2.45, 2.75) is 52.9 Å². The number of Topliss-reactive ketones (excluding diaryl/α,β-unsaturated/α-hetero) is 1. The summed E-state index contributed by atoms with van der Waals surface area (Å²) < 4.78 is 25.5. The molecule has 3 aliphatic rings. The number of alkyl halides is 1. The number of nitrogens with zero attached hydrogens (tertiary/aromatic N) is 2. The molecule has 0 radical (unpaired) electrons. The van der Waals surface area contributed by atoms with Gasteiger partial charge in [-0.25, -0.2) is 14.2 Å². The summed E-state index contributed by atoms with van der Waals surface area (Å²) in [7, 11) is 1.53. The van der Waals surface area contributed by atoms with E-state index in [2.05, 4.69) is 4.98 Å². The molecule has 1 aromatic carbocycles. The number of hydrogen-bond acceptors (Lipinski definition) is 6. The van der Waals surface area contributed by atoms with Crippen LogP contribution in [-0.4, -0.2) is 59.5 Å². The van der Waals surface area contributed by atoms with Crippen molar-refractivity contribution in [2.24, 2.45) is 5.41 Å². The topological polar surface area (TPSA) is 106 Å². The number of benzene rings is 1. The highest BCUT2D eigenvalue weighted by Crippen LogP contribution is 2.53. The molecule has 0 spiro atoms. The van der Waals surface area contributed by atoms with Gasteiger partial charge in [-0.1, -0.05) is 19.9 Å². The molecule has 0 unspecified atom stereocenters. The van der Waals surface area contributed by atoms with E-state index in [-0.39, 0.29) is 29.3 Å². The van der Waals surface area contributed by atoms with Crippen LogP contribution in [0.25, 0.3) is 11.3 Å². The number of ether oxygens (including phenoxy) is 2. The van der Waals surface area contributed by atoms with E-state index in [1.165, 1.54) is 12.0 Å². The molecule has 1 amide bonds. The van der Waals surface area contributed by atoms with Gasteiger partial charge in [0, 0.05) is 49.1 Å². The van der Waals surface area contributed by atoms with Gasteiger partial charge in [0.25, 0.3) is 5.91 Å². The number of ketones is 1. The van der Waals surface area contributed by atoms with E-state index in [0.29, 0.717) is 82.2 Å². The second kappa shape index (κ2) is 10.2. The van der Waals surface area contributed by atoms with Crippen LogP contribution in [0.4, 0.5) is 4.39 Å². The number of hydrogen-bond donors (Lipinski definition) is 1. The minimum atomic E-state index is -1.13. The highest BCUT2D eigenvalue weighted by molar-refractivity contribution is 6.06. The number of methoxy groups -OCH3 is 1. The Morgan fingerprint density at radius 3 is 2.58 bits per heavy atom. The summed E-state index contributed by atoms with van der Waals surface area (Å²) >= 11 is 0. The average molecular weight is 549 g/mol. The first-order valence-corrected chi connectivity index (χ1v) is 13.4. The molecular weight excluding hydrogens is 515 g/mol. The molecule has 9 heteroatoms. The van der Waals surface area contributed by atoms with Crippen molar-refractivity contribution < 1.29 is 33.4 Å². The lowest BCUT2D eigenvalue weighted by Gasteiger charge is -2.42. The van der Waals surface area contributed by atoms with E-state index in [1.54, 1.807) is 31.2 Å². The summed E-state index contributed by atoms with van der Waals surface area (Å²) in [5.74, 6) is -0.834. The summed E-state index contributed by atoms with van der Waals surface area (Å²) in [4.78, 5) is 45.3. The largest absolute Gasteiger partial charge is 0.496 e. The minimum absolute atomic E-state index is 0.0450. The van der Waals surface area contributed by atoms with Crippen molar-refractivity contribution in [3.8, 4) is 17.0 Å². The van der Waals surface area contributed by atoms with E-state index in [0.717, 1.165) is 0 Å². The molecule has 0 fully saturated rings. The third-order valence-corrected chi connectivity index (χ3v) is 8.04. The van der Waals surface area contributed by atoms with Crippen molar-refractivity contribution in [3.63, 3.8) is 0 Å². The SMILES string of the molecule is COc1ccc(-c2ccc(C)c(C(=O)O)n2)c(C)c1[C@H]1C2=C(CC(C)(C)CC2=O)OC2=C1C(=O)N(CCF)CC2. The normalized spacial score (nSPS) is 20.2. The number of aryl methyl sites for hydroxylation is 1. The number of rotatable bonds is 6. The number of carboxylic acid groups (broad SMARTS) is 1. The molecule has 8 nitrogen and oxygen atoms in total. The first-order chi connectivity index (χ1) is 19.0. The molecule has 1 N–H and O–H groups in total. The second-order valence-corrected chi connectivity index (χ2v) is 11.4. The Kier molecular flexibility index (Phi) is 7.02. The molecule has 3 heterocycles. The predicted molar refractivity (Wildman–Crippen MR) is 146 cm³/mol. The quantitative estimate of drug-likeness (QED) is 0.523. The molecule has 0 saturated carbocycles. The van der Waals surface area contributed by atoms with Crippen molar-refractivity contribution >= 4 is 17.7 Å². The number of carbonyl (C=O) groups excluding carboxylic acids is 2. The van der Waals surface area contributed by atoms with Gasteiger partial charge < -0.3 is 19.5 Å². The number of aromatic carboxylic acids is 1. The third kappa shape index (κ3) is 4.57. The maximum atomic E-state index is 13.8. The Bertz CT molecular complexity index is 1510. The number of carbonyl (C=O) groups is 3. The lowest BCUT2D eigenvalue weighted by atomic mass is 9.68. The van der Waals surface area contributed by atoms with Crippen LogP contribution < -0.4 is 4.74 Å². The van der Waals surface area contributed by atoms with Gasteiger partial charge in [-0.15, -0.1) is 0 Å². The average Bonchev–Trinajstić information content (AvgIpc) is 2.88. The van der Waals surface area contributed by atoms with E-state index >= 15 is 0 Å². The first-order valence-electron chi connectivity index (χ1n) is 13.4. The second-order valence-electron chi connectivity index (χ2n) is 11.4. The van der Waals surface area contributed by atoms with Crippen molar-refractivity contribution in [3.05, 3.63) is 69.3 Å². The summed E-state index contributed by atoms with van der Waals surface area (Å²) in [6.07, 6.45) is 1.23. The molecular formula is C31H33FN2O6. The molecule has 0 bridgehead atoms. The van der Waals surface area contributed by atoms with E-state index < -0.39 is 18.6 Å². The third-order valence-electron chi connectivity index (χ3n) is 8.04. The Balaban J connectivity index is 1.77. The van der Waals surface area contributed by atoms with Crippen molar-refractivity contribution in [1.29, 1.82) is 0 Å². The Morgan fingerprint density at radius 1 is 1.15 bits per heavy atom. The number of aromatic nitrogens is 1. The minimum Gasteiger partial charge on any atom is -0.496 e. The predicted octanol–water partition coefficient (Wildman–Crippen LogP) is 5.29. The van der Waals surface area contributed by atoms with E-state index in [4.69, 9.17) is 9.47 Å². The van der Waals surface area contributed by atoms with Crippen LogP contribution in [0.1, 0.15) is 66.2 Å². The van der Waals surface area contributed by atoms with Gasteiger partial charge in [-0.05, 0) is 48.6 Å². The van der Waals surface area contributed by atoms with Crippen LogP contribution in [0, 0.1) is 19.3 Å². The van der Waals surface area contributed by atoms with Gasteiger partial charge in [0.1, 0.15) is 23.9 Å². The summed E-state index contributed by atoms with van der Waals surface area (Å²) in [6, 6.07) is 7.01. The summed E-state index contributed by atoms with van der Waals surface area (Å²) in [6.45, 7) is 7.18. The van der Waals surface area contributed by atoms with Crippen LogP contribution in [-0.2, 0) is 14.3 Å². The number of amides is 1. The molecule has 40 heavy (non-hydrogen) atoms. The lowest BCUT2D eigenvalue weighted by molar-refractivity contribution is -0.129. The smallest absolute Gasteiger partial charge is 0.354 e. The van der Waals surface area contributed by atoms with E-state index in [9.17, 15) is 23.9 Å². The van der Waals surface area contributed by atoms with Gasteiger partial charge in [0.15, 0.2) is 11.5 Å². The van der Waals surface area contributed by atoms with Crippen LogP contribution in [0.5, 0.6) is 5.75 Å². The Hall–Kier alpha value is -4.01. The first kappa shape index (κ1) is 27.6. The highest BCUT2D eigenvalue weighted by atomic mass is 19.1. The van der Waals surface area contributed by atoms with Gasteiger partial charge in [-0.2, -0.15) is 0 Å². The van der Waals surface area contributed by atoms with E-state index in [1.807, 2.05) is 20.8 Å². The summed E-state index contributed by atoms with van der Waals surface area (Å²) in [5.41, 5.74) is 3.35. The standard InChI is InChI=1S/C31H33FN2O6/c1-16-6-8-19(33-28(16)30(37)38)18-7-9-21(39-5)24(17(18)2)27-25-20(35)14-31(3,4)15-23(25)40-22-10-12-34(13-11-32)29(36)26(22)27/h6-9,27H,10-15H2,1-5H3,(H,37,38)/t27-/m0/s1. The fourth-order valence-electron chi connectivity index (χ4n) is 6.15. The molecule has 1 atom stereocenters. The monoisotopic (exact) mass is 548 g/mol. The highest BCUT2D eigenvalue weighted by Gasteiger charge is 2.48. The molecule has 1 aromatic heterocycles. The van der Waals surface area contributed by atoms with Gasteiger partial charge >= 0.3 is 5.97 Å². The Morgan fingerprint density at radius 2 is 1.90 bits per heavy atom. The molecule has 1 aliphatic carbocycles. The number of pyridine rings is 1. The fourth-order valence-corrected chi connectivity index (χ4v) is 6.15. The zero-order chi connectivity index (χ0) is 28.9. The lowest BCUT2D eigenvalue weighted by Crippen LogP contribution is -2.44. The molecule has 2 aliphatic heterocycles. The zero-order valence-electron chi connectivity index (χ0n) is 23.4. The molecule has 2 aromatic rings. The number of allylic oxidation sites excluding steroid dienone is 2. The van der Waals surface area contributed by atoms with Crippen molar-refractivity contribution in [1.82, 2.24) is 9.88 Å². The van der Waals surface area contributed by atoms with Crippen LogP contribution in [0.15, 0.2) is 46.9 Å². The maximum absolute atomic E-state index is 13.8. The summed E-state index contributed by atoms with van der Waals surface area (Å²) in [5, 5.41) is 9.66. The molecule has 0 saturated heterocycles. The number of halogens is 1. The van der Waals surface area contributed by atoms with Gasteiger partial charge in [-0.3, -0.25) is 9.59 Å². The fraction of sp³-hybridized carbons (Fsp3) is 0.419. The van der Waals surface area contributed by atoms with Gasteiger partial charge in [0.05, 0.1) is 24.3 Å². The van der Waals surface area contributed by atoms with Crippen molar-refractivity contribution in [2.75, 3.05) is 26.9 Å².